The van der Waals surface area contributed by atoms with Crippen LogP contribution in [-0.2, 0) is 4.79 Å². The van der Waals surface area contributed by atoms with Crippen molar-refractivity contribution in [3.63, 3.8) is 0 Å². The third kappa shape index (κ3) is 2.78. The van der Waals surface area contributed by atoms with Gasteiger partial charge in [-0.1, -0.05) is 26.2 Å². The van der Waals surface area contributed by atoms with Crippen LogP contribution in [0.1, 0.15) is 51.4 Å². The number of hydrogen-bond donors (Lipinski definition) is 0. The molecule has 1 saturated heterocycles. The number of rotatable bonds is 3. The van der Waals surface area contributed by atoms with Crippen molar-refractivity contribution in [2.24, 2.45) is 11.8 Å². The first-order valence-corrected chi connectivity index (χ1v) is 6.89. The van der Waals surface area contributed by atoms with Gasteiger partial charge in [0.25, 0.3) is 0 Å². The van der Waals surface area contributed by atoms with Crippen molar-refractivity contribution in [3.05, 3.63) is 6.92 Å². The normalized spacial score (nSPS) is 28.4. The van der Waals surface area contributed by atoms with Gasteiger partial charge in [-0.2, -0.15) is 0 Å². The molecule has 91 valence electrons. The molecule has 1 radical (unpaired) electrons. The minimum Gasteiger partial charge on any atom is -0.342 e. The van der Waals surface area contributed by atoms with Gasteiger partial charge in [0.15, 0.2) is 0 Å². The van der Waals surface area contributed by atoms with E-state index >= 15 is 0 Å². The molecular formula is C14H24NO. The Morgan fingerprint density at radius 1 is 1.12 bits per heavy atom. The molecule has 0 spiro atoms. The summed E-state index contributed by atoms with van der Waals surface area (Å²) >= 11 is 0. The largest absolute Gasteiger partial charge is 0.342 e. The minimum absolute atomic E-state index is 0.220. The van der Waals surface area contributed by atoms with E-state index in [1.165, 1.54) is 38.5 Å². The highest BCUT2D eigenvalue weighted by Gasteiger charge is 2.29. The Morgan fingerprint density at radius 3 is 2.56 bits per heavy atom. The molecule has 0 aromatic rings. The lowest BCUT2D eigenvalue weighted by Gasteiger charge is -2.35. The Kier molecular flexibility index (Phi) is 4.25. The summed E-state index contributed by atoms with van der Waals surface area (Å²) in [5.74, 6) is 1.38. The first-order valence-electron chi connectivity index (χ1n) is 6.89. The van der Waals surface area contributed by atoms with E-state index in [9.17, 15) is 4.79 Å². The van der Waals surface area contributed by atoms with Gasteiger partial charge in [-0.3, -0.25) is 4.79 Å². The van der Waals surface area contributed by atoms with E-state index in [0.29, 0.717) is 5.91 Å². The zero-order valence-electron chi connectivity index (χ0n) is 10.3. The van der Waals surface area contributed by atoms with Gasteiger partial charge in [-0.25, -0.2) is 0 Å². The van der Waals surface area contributed by atoms with E-state index in [2.05, 4.69) is 11.8 Å². The highest BCUT2D eigenvalue weighted by Crippen LogP contribution is 2.27. The molecule has 1 unspecified atom stereocenters. The first-order chi connectivity index (χ1) is 7.81. The quantitative estimate of drug-likeness (QED) is 0.718. The number of carbonyl (C=O) groups is 1. The molecule has 2 fully saturated rings. The Bertz CT molecular complexity index is 233. The van der Waals surface area contributed by atoms with Crippen LogP contribution in [0.2, 0.25) is 0 Å². The number of nitrogens with zero attached hydrogens (tertiary/aromatic N) is 1. The fourth-order valence-corrected chi connectivity index (χ4v) is 3.15. The number of amides is 1. The molecule has 2 rings (SSSR count). The summed E-state index contributed by atoms with van der Waals surface area (Å²) in [4.78, 5) is 14.2. The van der Waals surface area contributed by atoms with Crippen molar-refractivity contribution in [2.75, 3.05) is 13.1 Å². The van der Waals surface area contributed by atoms with Crippen LogP contribution in [0.3, 0.4) is 0 Å². The highest BCUT2D eigenvalue weighted by molar-refractivity contribution is 5.79. The number of piperidine rings is 1. The second kappa shape index (κ2) is 5.70. The van der Waals surface area contributed by atoms with Gasteiger partial charge >= 0.3 is 0 Å². The fourth-order valence-electron chi connectivity index (χ4n) is 3.15. The lowest BCUT2D eigenvalue weighted by molar-refractivity contribution is -0.139. The SMILES string of the molecule is [CH2]CC1CCCN(CC2CCCCC2)C1=O. The summed E-state index contributed by atoms with van der Waals surface area (Å²) in [7, 11) is 0. The van der Waals surface area contributed by atoms with Crippen LogP contribution in [-0.4, -0.2) is 23.9 Å². The van der Waals surface area contributed by atoms with Crippen molar-refractivity contribution >= 4 is 5.91 Å². The molecule has 2 nitrogen and oxygen atoms in total. The van der Waals surface area contributed by atoms with Crippen LogP contribution in [0, 0.1) is 18.8 Å². The van der Waals surface area contributed by atoms with E-state index in [0.717, 1.165) is 31.8 Å². The third-order valence-electron chi connectivity index (χ3n) is 4.19. The maximum absolute atomic E-state index is 12.1. The number of likely N-dealkylation sites (tertiary alicyclic amines) is 1. The van der Waals surface area contributed by atoms with Crippen LogP contribution in [0.25, 0.3) is 0 Å². The molecule has 1 aliphatic carbocycles. The van der Waals surface area contributed by atoms with Crippen LogP contribution in [0.15, 0.2) is 0 Å². The fraction of sp³-hybridized carbons (Fsp3) is 0.857. The molecule has 0 N–H and O–H groups in total. The Balaban J connectivity index is 1.85. The van der Waals surface area contributed by atoms with Crippen LogP contribution in [0.4, 0.5) is 0 Å². The molecule has 16 heavy (non-hydrogen) atoms. The second-order valence-corrected chi connectivity index (χ2v) is 5.42. The number of hydrogen-bond acceptors (Lipinski definition) is 1. The van der Waals surface area contributed by atoms with Crippen molar-refractivity contribution in [3.8, 4) is 0 Å². The van der Waals surface area contributed by atoms with Crippen molar-refractivity contribution < 1.29 is 4.79 Å². The van der Waals surface area contributed by atoms with Crippen LogP contribution in [0.5, 0.6) is 0 Å². The summed E-state index contributed by atoms with van der Waals surface area (Å²) in [5, 5.41) is 0. The van der Waals surface area contributed by atoms with Gasteiger partial charge in [0.05, 0.1) is 0 Å². The monoisotopic (exact) mass is 222 g/mol. The van der Waals surface area contributed by atoms with Crippen LogP contribution >= 0.6 is 0 Å². The predicted molar refractivity (Wildman–Crippen MR) is 65.9 cm³/mol. The molecule has 1 saturated carbocycles. The Labute approximate surface area is 99.4 Å². The van der Waals surface area contributed by atoms with E-state index in [-0.39, 0.29) is 5.92 Å². The smallest absolute Gasteiger partial charge is 0.225 e. The van der Waals surface area contributed by atoms with Gasteiger partial charge in [0, 0.05) is 19.0 Å². The standard InChI is InChI=1S/C14H24NO/c1-2-13-9-6-10-15(14(13)16)11-12-7-4-3-5-8-12/h12-13H,1-11H2. The maximum atomic E-state index is 12.1. The van der Waals surface area contributed by atoms with Gasteiger partial charge in [-0.05, 0) is 38.0 Å². The van der Waals surface area contributed by atoms with E-state index in [4.69, 9.17) is 0 Å². The Hall–Kier alpha value is -0.530. The predicted octanol–water partition coefficient (Wildman–Crippen LogP) is 3.03. The summed E-state index contributed by atoms with van der Waals surface area (Å²) in [6, 6.07) is 0. The van der Waals surface area contributed by atoms with Gasteiger partial charge < -0.3 is 4.90 Å². The van der Waals surface area contributed by atoms with Gasteiger partial charge in [-0.15, -0.1) is 0 Å². The van der Waals surface area contributed by atoms with Crippen molar-refractivity contribution in [2.45, 2.75) is 51.4 Å². The summed E-state index contributed by atoms with van der Waals surface area (Å²) in [6.45, 7) is 5.91. The molecule has 1 amide bonds. The molecule has 2 heteroatoms. The third-order valence-corrected chi connectivity index (χ3v) is 4.19. The van der Waals surface area contributed by atoms with E-state index < -0.39 is 0 Å². The average Bonchev–Trinajstić information content (AvgIpc) is 2.33. The zero-order valence-corrected chi connectivity index (χ0v) is 10.3. The second-order valence-electron chi connectivity index (χ2n) is 5.42. The minimum atomic E-state index is 0.220. The zero-order chi connectivity index (χ0) is 11.4. The first kappa shape index (κ1) is 11.9. The number of carbonyl (C=O) groups excluding carboxylic acids is 1. The van der Waals surface area contributed by atoms with E-state index in [1.807, 2.05) is 0 Å². The van der Waals surface area contributed by atoms with Gasteiger partial charge in [0.2, 0.25) is 5.91 Å². The Morgan fingerprint density at radius 2 is 1.88 bits per heavy atom. The molecule has 1 heterocycles. The molecule has 1 aliphatic heterocycles. The summed E-state index contributed by atoms with van der Waals surface area (Å²) in [5.41, 5.74) is 0. The summed E-state index contributed by atoms with van der Waals surface area (Å²) < 4.78 is 0. The lowest BCUT2D eigenvalue weighted by Crippen LogP contribution is -2.43. The molecule has 0 aromatic carbocycles. The summed E-state index contributed by atoms with van der Waals surface area (Å²) in [6.07, 6.45) is 9.81. The molecule has 0 bridgehead atoms. The topological polar surface area (TPSA) is 20.3 Å². The molecule has 0 aromatic heterocycles. The maximum Gasteiger partial charge on any atom is 0.225 e. The average molecular weight is 222 g/mol. The molecule has 2 aliphatic rings. The van der Waals surface area contributed by atoms with E-state index in [1.54, 1.807) is 0 Å². The molecule has 1 atom stereocenters. The lowest BCUT2D eigenvalue weighted by atomic mass is 9.87. The van der Waals surface area contributed by atoms with Crippen molar-refractivity contribution in [1.29, 1.82) is 0 Å². The van der Waals surface area contributed by atoms with Crippen molar-refractivity contribution in [1.82, 2.24) is 4.90 Å². The molecular weight excluding hydrogens is 198 g/mol. The highest BCUT2D eigenvalue weighted by atomic mass is 16.2. The van der Waals surface area contributed by atoms with Crippen LogP contribution < -0.4 is 0 Å². The van der Waals surface area contributed by atoms with Gasteiger partial charge in [0.1, 0.15) is 0 Å².